The molecule has 4 aromatic rings. The van der Waals surface area contributed by atoms with E-state index in [9.17, 15) is 0 Å². The van der Waals surface area contributed by atoms with Gasteiger partial charge in [-0.25, -0.2) is 4.98 Å². The molecule has 0 unspecified atom stereocenters. The third-order valence-corrected chi connectivity index (χ3v) is 5.21. The Hall–Kier alpha value is -3.44. The molecule has 0 radical (unpaired) electrons. The number of hydrazone groups is 1. The summed E-state index contributed by atoms with van der Waals surface area (Å²) in [6.45, 7) is 2.64. The zero-order valence-corrected chi connectivity index (χ0v) is 16.9. The molecule has 0 saturated heterocycles. The minimum absolute atomic E-state index is 0.549. The molecule has 0 spiro atoms. The van der Waals surface area contributed by atoms with Crippen molar-refractivity contribution in [2.45, 2.75) is 13.5 Å². The summed E-state index contributed by atoms with van der Waals surface area (Å²) in [6.07, 6.45) is 1.77. The largest absolute Gasteiger partial charge is 0.489 e. The van der Waals surface area contributed by atoms with E-state index in [0.717, 1.165) is 27.7 Å². The Morgan fingerprint density at radius 3 is 2.69 bits per heavy atom. The first-order valence-corrected chi connectivity index (χ1v) is 10.2. The van der Waals surface area contributed by atoms with Crippen molar-refractivity contribution in [1.82, 2.24) is 4.98 Å². The predicted octanol–water partition coefficient (Wildman–Crippen LogP) is 6.14. The van der Waals surface area contributed by atoms with Gasteiger partial charge in [0.1, 0.15) is 12.4 Å². The molecular weight excluding hydrogens is 378 g/mol. The molecule has 0 aliphatic heterocycles. The fourth-order valence-corrected chi connectivity index (χ4v) is 3.51. The molecule has 4 rings (SSSR count). The number of anilines is 1. The Kier molecular flexibility index (Phi) is 5.98. The molecule has 0 amide bonds. The van der Waals surface area contributed by atoms with Crippen molar-refractivity contribution in [3.05, 3.63) is 101 Å². The van der Waals surface area contributed by atoms with E-state index >= 15 is 0 Å². The fraction of sp³-hybridized carbons (Fsp3) is 0.0833. The fourth-order valence-electron chi connectivity index (χ4n) is 2.85. The molecule has 3 aromatic carbocycles. The van der Waals surface area contributed by atoms with Gasteiger partial charge in [-0.1, -0.05) is 66.7 Å². The van der Waals surface area contributed by atoms with Gasteiger partial charge in [-0.15, -0.1) is 11.3 Å². The van der Waals surface area contributed by atoms with E-state index in [1.165, 1.54) is 22.5 Å². The van der Waals surface area contributed by atoms with Crippen LogP contribution in [0.3, 0.4) is 0 Å². The number of rotatable bonds is 7. The highest BCUT2D eigenvalue weighted by atomic mass is 32.1. The lowest BCUT2D eigenvalue weighted by atomic mass is 10.1. The maximum absolute atomic E-state index is 5.94. The number of nitrogens with one attached hydrogen (secondary N) is 1. The highest BCUT2D eigenvalue weighted by molar-refractivity contribution is 7.14. The summed E-state index contributed by atoms with van der Waals surface area (Å²) >= 11 is 1.53. The number of ether oxygens (including phenoxy) is 1. The Balaban J connectivity index is 1.36. The van der Waals surface area contributed by atoms with Crippen LogP contribution < -0.4 is 10.2 Å². The SMILES string of the molecule is Cc1ccccc1COc1cccc(C=NNc2nc(-c3ccccc3)cs2)c1. The third-order valence-electron chi connectivity index (χ3n) is 4.46. The quantitative estimate of drug-likeness (QED) is 0.300. The average molecular weight is 400 g/mol. The first kappa shape index (κ1) is 18.9. The van der Waals surface area contributed by atoms with Crippen molar-refractivity contribution in [2.24, 2.45) is 5.10 Å². The van der Waals surface area contributed by atoms with Gasteiger partial charge in [-0.05, 0) is 35.7 Å². The van der Waals surface area contributed by atoms with Crippen LogP contribution in [-0.2, 0) is 6.61 Å². The van der Waals surface area contributed by atoms with Gasteiger partial charge in [0.2, 0.25) is 5.13 Å². The van der Waals surface area contributed by atoms with Gasteiger partial charge in [0.15, 0.2) is 0 Å². The van der Waals surface area contributed by atoms with Crippen molar-refractivity contribution in [2.75, 3.05) is 5.43 Å². The summed E-state index contributed by atoms with van der Waals surface area (Å²) in [7, 11) is 0. The molecule has 0 bridgehead atoms. The molecule has 1 N–H and O–H groups in total. The van der Waals surface area contributed by atoms with Gasteiger partial charge in [-0.2, -0.15) is 5.10 Å². The topological polar surface area (TPSA) is 46.5 Å². The highest BCUT2D eigenvalue weighted by Crippen LogP contribution is 2.24. The van der Waals surface area contributed by atoms with Gasteiger partial charge in [0.05, 0.1) is 11.9 Å². The van der Waals surface area contributed by atoms with Crippen LogP contribution in [0.15, 0.2) is 89.3 Å². The van der Waals surface area contributed by atoms with Crippen molar-refractivity contribution >= 4 is 22.7 Å². The van der Waals surface area contributed by atoms with Crippen LogP contribution >= 0.6 is 11.3 Å². The second-order valence-corrected chi connectivity index (χ2v) is 7.42. The van der Waals surface area contributed by atoms with Crippen molar-refractivity contribution in [1.29, 1.82) is 0 Å². The first-order chi connectivity index (χ1) is 14.3. The van der Waals surface area contributed by atoms with Crippen LogP contribution in [0.2, 0.25) is 0 Å². The lowest BCUT2D eigenvalue weighted by Gasteiger charge is -2.09. The zero-order valence-electron chi connectivity index (χ0n) is 16.1. The van der Waals surface area contributed by atoms with E-state index in [4.69, 9.17) is 4.74 Å². The number of thiazole rings is 1. The summed E-state index contributed by atoms with van der Waals surface area (Å²) in [5, 5.41) is 7.09. The van der Waals surface area contributed by atoms with E-state index in [2.05, 4.69) is 34.6 Å². The van der Waals surface area contributed by atoms with E-state index in [0.29, 0.717) is 6.61 Å². The zero-order chi connectivity index (χ0) is 19.9. The maximum atomic E-state index is 5.94. The van der Waals surface area contributed by atoms with Gasteiger partial charge in [0.25, 0.3) is 0 Å². The molecule has 29 heavy (non-hydrogen) atoms. The van der Waals surface area contributed by atoms with Crippen LogP contribution in [0.5, 0.6) is 5.75 Å². The number of hydrogen-bond acceptors (Lipinski definition) is 5. The van der Waals surface area contributed by atoms with Crippen LogP contribution in [0, 0.1) is 6.92 Å². The van der Waals surface area contributed by atoms with Crippen LogP contribution in [0.1, 0.15) is 16.7 Å². The number of nitrogens with zero attached hydrogens (tertiary/aromatic N) is 2. The van der Waals surface area contributed by atoms with Crippen molar-refractivity contribution in [3.8, 4) is 17.0 Å². The van der Waals surface area contributed by atoms with E-state index in [1.54, 1.807) is 6.21 Å². The normalized spacial score (nSPS) is 10.9. The second kappa shape index (κ2) is 9.17. The number of hydrogen-bond donors (Lipinski definition) is 1. The summed E-state index contributed by atoms with van der Waals surface area (Å²) in [4.78, 5) is 4.57. The van der Waals surface area contributed by atoms with Crippen LogP contribution in [0.25, 0.3) is 11.3 Å². The standard InChI is InChI=1S/C24H21N3OS/c1-18-8-5-6-12-21(18)16-28-22-13-7-9-19(14-22)15-25-27-24-26-23(17-29-24)20-10-3-2-4-11-20/h2-15,17H,16H2,1H3,(H,26,27). The monoisotopic (exact) mass is 399 g/mol. The molecule has 5 heteroatoms. The van der Waals surface area contributed by atoms with Crippen molar-refractivity contribution < 1.29 is 4.74 Å². The number of benzene rings is 3. The minimum Gasteiger partial charge on any atom is -0.489 e. The molecule has 0 saturated carbocycles. The number of aryl methyl sites for hydroxylation is 1. The lowest BCUT2D eigenvalue weighted by Crippen LogP contribution is -1.98. The Morgan fingerprint density at radius 2 is 1.83 bits per heavy atom. The van der Waals surface area contributed by atoms with E-state index in [1.807, 2.05) is 72.1 Å². The molecule has 1 heterocycles. The third kappa shape index (κ3) is 5.09. The summed E-state index contributed by atoms with van der Waals surface area (Å²) < 4.78 is 5.94. The molecule has 1 aromatic heterocycles. The molecule has 0 atom stereocenters. The average Bonchev–Trinajstić information content (AvgIpc) is 3.23. The van der Waals surface area contributed by atoms with Crippen LogP contribution in [0.4, 0.5) is 5.13 Å². The highest BCUT2D eigenvalue weighted by Gasteiger charge is 2.03. The Morgan fingerprint density at radius 1 is 1.00 bits per heavy atom. The summed E-state index contributed by atoms with van der Waals surface area (Å²) in [5.74, 6) is 0.817. The van der Waals surface area contributed by atoms with Gasteiger partial charge >= 0.3 is 0 Å². The van der Waals surface area contributed by atoms with Crippen LogP contribution in [-0.4, -0.2) is 11.2 Å². The Labute approximate surface area is 174 Å². The predicted molar refractivity (Wildman–Crippen MR) is 121 cm³/mol. The second-order valence-electron chi connectivity index (χ2n) is 6.56. The van der Waals surface area contributed by atoms with Gasteiger partial charge < -0.3 is 4.74 Å². The van der Waals surface area contributed by atoms with Gasteiger partial charge in [-0.3, -0.25) is 5.43 Å². The lowest BCUT2D eigenvalue weighted by molar-refractivity contribution is 0.305. The summed E-state index contributed by atoms with van der Waals surface area (Å²) in [6, 6.07) is 26.2. The smallest absolute Gasteiger partial charge is 0.203 e. The molecule has 0 aliphatic rings. The minimum atomic E-state index is 0.549. The van der Waals surface area contributed by atoms with Gasteiger partial charge in [0, 0.05) is 10.9 Å². The first-order valence-electron chi connectivity index (χ1n) is 9.35. The molecule has 0 fully saturated rings. The maximum Gasteiger partial charge on any atom is 0.203 e. The molecule has 0 aliphatic carbocycles. The molecule has 144 valence electrons. The van der Waals surface area contributed by atoms with Crippen molar-refractivity contribution in [3.63, 3.8) is 0 Å². The molecular formula is C24H21N3OS. The Bertz CT molecular complexity index is 1110. The van der Waals surface area contributed by atoms with E-state index in [-0.39, 0.29) is 0 Å². The number of aromatic nitrogens is 1. The van der Waals surface area contributed by atoms with E-state index < -0.39 is 0 Å². The molecule has 4 nitrogen and oxygen atoms in total. The summed E-state index contributed by atoms with van der Waals surface area (Å²) in [5.41, 5.74) is 8.42.